The number of carbonyl (C=O) groups is 1. The van der Waals surface area contributed by atoms with Gasteiger partial charge in [0.25, 0.3) is 5.91 Å². The summed E-state index contributed by atoms with van der Waals surface area (Å²) in [6, 6.07) is 11.3. The molecule has 130 valence electrons. The SMILES string of the molecule is Cc1ccc(-c2cc(C(=O)NCCN(C)C)c3cc(Br)ccc3n2)o1. The molecule has 0 atom stereocenters. The van der Waals surface area contributed by atoms with Gasteiger partial charge in [-0.3, -0.25) is 4.79 Å². The summed E-state index contributed by atoms with van der Waals surface area (Å²) in [4.78, 5) is 19.4. The zero-order valence-electron chi connectivity index (χ0n) is 14.5. The Morgan fingerprint density at radius 2 is 2.04 bits per heavy atom. The molecule has 1 amide bonds. The van der Waals surface area contributed by atoms with Crippen molar-refractivity contribution in [2.75, 3.05) is 27.2 Å². The van der Waals surface area contributed by atoms with E-state index in [9.17, 15) is 4.79 Å². The lowest BCUT2D eigenvalue weighted by atomic mass is 10.1. The summed E-state index contributed by atoms with van der Waals surface area (Å²) in [5.74, 6) is 1.35. The average Bonchev–Trinajstić information content (AvgIpc) is 3.00. The van der Waals surface area contributed by atoms with Crippen LogP contribution in [0.15, 0.2) is 45.3 Å². The molecule has 0 aliphatic heterocycles. The van der Waals surface area contributed by atoms with E-state index < -0.39 is 0 Å². The predicted molar refractivity (Wildman–Crippen MR) is 103 cm³/mol. The van der Waals surface area contributed by atoms with Gasteiger partial charge < -0.3 is 14.6 Å². The van der Waals surface area contributed by atoms with Crippen LogP contribution < -0.4 is 5.32 Å². The van der Waals surface area contributed by atoms with Crippen LogP contribution in [0.1, 0.15) is 16.1 Å². The van der Waals surface area contributed by atoms with E-state index >= 15 is 0 Å². The zero-order chi connectivity index (χ0) is 18.0. The Labute approximate surface area is 155 Å². The smallest absolute Gasteiger partial charge is 0.252 e. The van der Waals surface area contributed by atoms with Gasteiger partial charge in [-0.15, -0.1) is 0 Å². The zero-order valence-corrected chi connectivity index (χ0v) is 16.1. The van der Waals surface area contributed by atoms with Crippen LogP contribution in [0.4, 0.5) is 0 Å². The van der Waals surface area contributed by atoms with Gasteiger partial charge in [0, 0.05) is 22.9 Å². The third-order valence-corrected chi connectivity index (χ3v) is 4.35. The first-order valence-electron chi connectivity index (χ1n) is 8.04. The molecule has 1 aromatic carbocycles. The molecule has 1 N–H and O–H groups in total. The molecule has 0 saturated carbocycles. The van der Waals surface area contributed by atoms with Crippen LogP contribution >= 0.6 is 15.9 Å². The van der Waals surface area contributed by atoms with Crippen LogP contribution in [0, 0.1) is 6.92 Å². The fourth-order valence-electron chi connectivity index (χ4n) is 2.57. The molecule has 0 spiro atoms. The highest BCUT2D eigenvalue weighted by atomic mass is 79.9. The minimum atomic E-state index is -0.114. The Morgan fingerprint density at radius 3 is 2.72 bits per heavy atom. The van der Waals surface area contributed by atoms with Gasteiger partial charge in [0.1, 0.15) is 11.5 Å². The molecule has 0 aliphatic rings. The third kappa shape index (κ3) is 4.08. The van der Waals surface area contributed by atoms with Gasteiger partial charge >= 0.3 is 0 Å². The van der Waals surface area contributed by atoms with E-state index in [0.717, 1.165) is 27.7 Å². The van der Waals surface area contributed by atoms with Crippen LogP contribution in [-0.4, -0.2) is 43.0 Å². The van der Waals surface area contributed by atoms with Crippen LogP contribution in [-0.2, 0) is 0 Å². The van der Waals surface area contributed by atoms with Gasteiger partial charge in [0.2, 0.25) is 0 Å². The number of aryl methyl sites for hydroxylation is 1. The van der Waals surface area contributed by atoms with Gasteiger partial charge in [-0.1, -0.05) is 15.9 Å². The van der Waals surface area contributed by atoms with E-state index in [2.05, 4.69) is 26.2 Å². The molecule has 25 heavy (non-hydrogen) atoms. The van der Waals surface area contributed by atoms with Gasteiger partial charge in [-0.2, -0.15) is 0 Å². The second-order valence-electron chi connectivity index (χ2n) is 6.19. The number of furan rings is 1. The maximum atomic E-state index is 12.7. The van der Waals surface area contributed by atoms with Crippen molar-refractivity contribution >= 4 is 32.7 Å². The van der Waals surface area contributed by atoms with Gasteiger partial charge in [0.15, 0.2) is 5.76 Å². The van der Waals surface area contributed by atoms with Crippen LogP contribution in [0.2, 0.25) is 0 Å². The van der Waals surface area contributed by atoms with E-state index in [1.807, 2.05) is 56.3 Å². The topological polar surface area (TPSA) is 58.4 Å². The molecule has 5 nitrogen and oxygen atoms in total. The van der Waals surface area contributed by atoms with E-state index in [0.29, 0.717) is 23.6 Å². The average molecular weight is 402 g/mol. The Bertz CT molecular complexity index is 918. The van der Waals surface area contributed by atoms with Gasteiger partial charge in [0.05, 0.1) is 11.1 Å². The summed E-state index contributed by atoms with van der Waals surface area (Å²) in [5.41, 5.74) is 2.00. The lowest BCUT2D eigenvalue weighted by Gasteiger charge is -2.12. The lowest BCUT2D eigenvalue weighted by Crippen LogP contribution is -2.31. The van der Waals surface area contributed by atoms with Gasteiger partial charge in [-0.25, -0.2) is 4.98 Å². The molecule has 0 bridgehead atoms. The molecule has 0 fully saturated rings. The summed E-state index contributed by atoms with van der Waals surface area (Å²) in [6.45, 7) is 3.25. The lowest BCUT2D eigenvalue weighted by molar-refractivity contribution is 0.0952. The van der Waals surface area contributed by atoms with Crippen molar-refractivity contribution in [2.45, 2.75) is 6.92 Å². The number of fused-ring (bicyclic) bond motifs is 1. The number of aromatic nitrogens is 1. The number of hydrogen-bond acceptors (Lipinski definition) is 4. The third-order valence-electron chi connectivity index (χ3n) is 3.85. The molecular weight excluding hydrogens is 382 g/mol. The second-order valence-corrected chi connectivity index (χ2v) is 7.10. The molecule has 0 unspecified atom stereocenters. The molecule has 0 saturated heterocycles. The normalized spacial score (nSPS) is 11.2. The Balaban J connectivity index is 2.04. The number of carbonyl (C=O) groups excluding carboxylic acids is 1. The molecule has 6 heteroatoms. The predicted octanol–water partition coefficient (Wildman–Crippen LogP) is 3.86. The van der Waals surface area contributed by atoms with E-state index in [1.54, 1.807) is 6.07 Å². The number of halogens is 1. The van der Waals surface area contributed by atoms with Crippen molar-refractivity contribution in [2.24, 2.45) is 0 Å². The number of benzene rings is 1. The molecule has 2 aromatic heterocycles. The van der Waals surface area contributed by atoms with Crippen LogP contribution in [0.25, 0.3) is 22.4 Å². The molecular formula is C19H20BrN3O2. The number of pyridine rings is 1. The number of likely N-dealkylation sites (N-methyl/N-ethyl adjacent to an activating group) is 1. The second kappa shape index (κ2) is 7.37. The minimum Gasteiger partial charge on any atom is -0.460 e. The number of nitrogens with zero attached hydrogens (tertiary/aromatic N) is 2. The highest BCUT2D eigenvalue weighted by Crippen LogP contribution is 2.28. The standard InChI is InChI=1S/C19H20BrN3O2/c1-12-4-7-18(25-12)17-11-15(19(24)21-8-9-23(2)3)14-10-13(20)5-6-16(14)22-17/h4-7,10-11H,8-9H2,1-3H3,(H,21,24). The van der Waals surface area contributed by atoms with Crippen molar-refractivity contribution in [3.8, 4) is 11.5 Å². The van der Waals surface area contributed by atoms with E-state index in [1.165, 1.54) is 0 Å². The number of nitrogens with one attached hydrogen (secondary N) is 1. The number of hydrogen-bond donors (Lipinski definition) is 1. The summed E-state index contributed by atoms with van der Waals surface area (Å²) in [7, 11) is 3.95. The fourth-order valence-corrected chi connectivity index (χ4v) is 2.93. The van der Waals surface area contributed by atoms with Gasteiger partial charge in [-0.05, 0) is 57.4 Å². The maximum Gasteiger partial charge on any atom is 0.252 e. The van der Waals surface area contributed by atoms with Crippen molar-refractivity contribution < 1.29 is 9.21 Å². The first kappa shape index (κ1) is 17.6. The fraction of sp³-hybridized carbons (Fsp3) is 0.263. The molecule has 0 aliphatic carbocycles. The highest BCUT2D eigenvalue weighted by Gasteiger charge is 2.15. The molecule has 3 rings (SSSR count). The van der Waals surface area contributed by atoms with Crippen molar-refractivity contribution in [1.29, 1.82) is 0 Å². The van der Waals surface area contributed by atoms with Crippen molar-refractivity contribution in [3.63, 3.8) is 0 Å². The quantitative estimate of drug-likeness (QED) is 0.704. The summed E-state index contributed by atoms with van der Waals surface area (Å²) in [6.07, 6.45) is 0. The largest absolute Gasteiger partial charge is 0.460 e. The summed E-state index contributed by atoms with van der Waals surface area (Å²) < 4.78 is 6.59. The summed E-state index contributed by atoms with van der Waals surface area (Å²) in [5, 5.41) is 3.78. The number of rotatable bonds is 5. The summed E-state index contributed by atoms with van der Waals surface area (Å²) >= 11 is 3.47. The van der Waals surface area contributed by atoms with E-state index in [4.69, 9.17) is 4.42 Å². The molecule has 0 radical (unpaired) electrons. The Kier molecular flexibility index (Phi) is 5.20. The maximum absolute atomic E-state index is 12.7. The van der Waals surface area contributed by atoms with Crippen LogP contribution in [0.3, 0.4) is 0 Å². The highest BCUT2D eigenvalue weighted by molar-refractivity contribution is 9.10. The first-order valence-corrected chi connectivity index (χ1v) is 8.83. The number of amides is 1. The first-order chi connectivity index (χ1) is 11.9. The van der Waals surface area contributed by atoms with Crippen molar-refractivity contribution in [3.05, 3.63) is 52.2 Å². The van der Waals surface area contributed by atoms with Crippen molar-refractivity contribution in [1.82, 2.24) is 15.2 Å². The van der Waals surface area contributed by atoms with E-state index in [-0.39, 0.29) is 5.91 Å². The Hall–Kier alpha value is -2.18. The molecule has 2 heterocycles. The Morgan fingerprint density at radius 1 is 1.24 bits per heavy atom. The monoisotopic (exact) mass is 401 g/mol. The minimum absolute atomic E-state index is 0.114. The van der Waals surface area contributed by atoms with Crippen LogP contribution in [0.5, 0.6) is 0 Å². The molecule has 3 aromatic rings.